The Balaban J connectivity index is 1.95. The lowest BCUT2D eigenvalue weighted by Crippen LogP contribution is -2.27. The zero-order chi connectivity index (χ0) is 9.54. The van der Waals surface area contributed by atoms with Crippen LogP contribution in [-0.4, -0.2) is 16.3 Å². The highest BCUT2D eigenvalue weighted by atomic mass is 16.1. The Kier molecular flexibility index (Phi) is 1.77. The van der Waals surface area contributed by atoms with Crippen molar-refractivity contribution in [1.29, 1.82) is 0 Å². The highest BCUT2D eigenvalue weighted by Gasteiger charge is 2.24. The number of fused-ring (bicyclic) bond motifs is 1. The van der Waals surface area contributed by atoms with Gasteiger partial charge in [0.1, 0.15) is 0 Å². The minimum atomic E-state index is 0.194. The first-order chi connectivity index (χ1) is 6.84. The lowest BCUT2D eigenvalue weighted by atomic mass is 10.1. The van der Waals surface area contributed by atoms with Gasteiger partial charge < -0.3 is 5.32 Å². The molecule has 0 radical (unpaired) electrons. The number of aromatic amines is 1. The zero-order valence-electron chi connectivity index (χ0n) is 8.18. The minimum Gasteiger partial charge on any atom is -0.312 e. The van der Waals surface area contributed by atoms with Crippen molar-refractivity contribution in [2.45, 2.75) is 32.4 Å². The van der Waals surface area contributed by atoms with E-state index in [9.17, 15) is 4.79 Å². The van der Waals surface area contributed by atoms with Crippen LogP contribution in [0.2, 0.25) is 0 Å². The van der Waals surface area contributed by atoms with Crippen LogP contribution in [-0.2, 0) is 19.5 Å². The zero-order valence-corrected chi connectivity index (χ0v) is 8.18. The van der Waals surface area contributed by atoms with E-state index in [0.717, 1.165) is 43.2 Å². The number of aromatic nitrogens is 2. The molecule has 0 amide bonds. The van der Waals surface area contributed by atoms with Gasteiger partial charge in [-0.2, -0.15) is 0 Å². The van der Waals surface area contributed by atoms with Gasteiger partial charge in [-0.25, -0.2) is 0 Å². The maximum atomic E-state index is 11.9. The third-order valence-electron chi connectivity index (χ3n) is 3.13. The van der Waals surface area contributed by atoms with E-state index >= 15 is 0 Å². The summed E-state index contributed by atoms with van der Waals surface area (Å²) < 4.78 is 1.80. The maximum absolute atomic E-state index is 11.9. The molecular formula is C10H15N3O. The van der Waals surface area contributed by atoms with Crippen molar-refractivity contribution < 1.29 is 0 Å². The second-order valence-corrected chi connectivity index (χ2v) is 4.35. The summed E-state index contributed by atoms with van der Waals surface area (Å²) in [4.78, 5) is 11.9. The summed E-state index contributed by atoms with van der Waals surface area (Å²) in [7, 11) is 0. The van der Waals surface area contributed by atoms with E-state index in [1.54, 1.807) is 4.68 Å². The first kappa shape index (κ1) is 8.29. The number of rotatable bonds is 2. The van der Waals surface area contributed by atoms with Crippen molar-refractivity contribution in [3.63, 3.8) is 0 Å². The fraction of sp³-hybridized carbons (Fsp3) is 0.700. The highest BCUT2D eigenvalue weighted by molar-refractivity contribution is 5.20. The van der Waals surface area contributed by atoms with Gasteiger partial charge >= 0.3 is 0 Å². The molecule has 0 spiro atoms. The molecule has 1 aromatic heterocycles. The Bertz CT molecular complexity index is 400. The summed E-state index contributed by atoms with van der Waals surface area (Å²) in [6.45, 7) is 2.62. The molecule has 0 unspecified atom stereocenters. The van der Waals surface area contributed by atoms with Crippen LogP contribution in [0.25, 0.3) is 0 Å². The van der Waals surface area contributed by atoms with E-state index < -0.39 is 0 Å². The molecule has 2 aliphatic rings. The predicted molar refractivity (Wildman–Crippen MR) is 53.2 cm³/mol. The molecule has 0 aromatic carbocycles. The summed E-state index contributed by atoms with van der Waals surface area (Å²) >= 11 is 0. The van der Waals surface area contributed by atoms with E-state index in [4.69, 9.17) is 0 Å². The van der Waals surface area contributed by atoms with Gasteiger partial charge in [-0.3, -0.25) is 14.6 Å². The first-order valence-corrected chi connectivity index (χ1v) is 5.36. The molecule has 4 nitrogen and oxygen atoms in total. The topological polar surface area (TPSA) is 49.8 Å². The van der Waals surface area contributed by atoms with Crippen LogP contribution in [0.1, 0.15) is 24.1 Å². The van der Waals surface area contributed by atoms with Crippen LogP contribution in [0.3, 0.4) is 0 Å². The Hall–Kier alpha value is -1.03. The van der Waals surface area contributed by atoms with Crippen molar-refractivity contribution in [2.24, 2.45) is 5.92 Å². The van der Waals surface area contributed by atoms with Gasteiger partial charge in [0.25, 0.3) is 5.56 Å². The van der Waals surface area contributed by atoms with Crippen LogP contribution in [0.4, 0.5) is 0 Å². The fourth-order valence-corrected chi connectivity index (χ4v) is 2.08. The molecule has 1 aromatic rings. The van der Waals surface area contributed by atoms with Gasteiger partial charge in [-0.1, -0.05) is 0 Å². The Morgan fingerprint density at radius 2 is 2.29 bits per heavy atom. The van der Waals surface area contributed by atoms with Gasteiger partial charge in [-0.05, 0) is 18.8 Å². The van der Waals surface area contributed by atoms with E-state index in [1.165, 1.54) is 12.8 Å². The lowest BCUT2D eigenvalue weighted by molar-refractivity contribution is 0.542. The molecule has 0 saturated heterocycles. The number of H-pyrrole nitrogens is 1. The van der Waals surface area contributed by atoms with Crippen LogP contribution in [0.5, 0.6) is 0 Å². The number of hydrogen-bond acceptors (Lipinski definition) is 2. The molecule has 1 aliphatic carbocycles. The number of nitrogens with zero attached hydrogens (tertiary/aromatic N) is 1. The highest BCUT2D eigenvalue weighted by Crippen LogP contribution is 2.30. The minimum absolute atomic E-state index is 0.194. The summed E-state index contributed by atoms with van der Waals surface area (Å²) in [5.41, 5.74) is 2.30. The monoisotopic (exact) mass is 193 g/mol. The summed E-state index contributed by atoms with van der Waals surface area (Å²) in [6, 6.07) is 0. The summed E-state index contributed by atoms with van der Waals surface area (Å²) in [6.07, 6.45) is 3.53. The standard InChI is InChI=1S/C10H15N3O/c14-10-8-5-11-4-3-9(8)12-13(10)6-7-1-2-7/h7,11-12H,1-6H2. The second kappa shape index (κ2) is 2.98. The van der Waals surface area contributed by atoms with Crippen molar-refractivity contribution >= 4 is 0 Å². The normalized spacial score (nSPS) is 20.9. The predicted octanol–water partition coefficient (Wildman–Crippen LogP) is 0.232. The average molecular weight is 193 g/mol. The molecule has 0 bridgehead atoms. The number of nitrogens with one attached hydrogen (secondary N) is 2. The first-order valence-electron chi connectivity index (χ1n) is 5.36. The lowest BCUT2D eigenvalue weighted by Gasteiger charge is -2.09. The molecule has 4 heteroatoms. The third-order valence-corrected chi connectivity index (χ3v) is 3.13. The molecule has 76 valence electrons. The molecule has 14 heavy (non-hydrogen) atoms. The van der Waals surface area contributed by atoms with Crippen molar-refractivity contribution in [3.8, 4) is 0 Å². The van der Waals surface area contributed by atoms with Gasteiger partial charge in [0, 0.05) is 31.7 Å². The van der Waals surface area contributed by atoms with Gasteiger partial charge in [0.05, 0.1) is 5.56 Å². The molecule has 1 fully saturated rings. The summed E-state index contributed by atoms with van der Waals surface area (Å²) in [5.74, 6) is 0.751. The van der Waals surface area contributed by atoms with E-state index in [0.29, 0.717) is 0 Å². The SMILES string of the molecule is O=c1c2c([nH]n1CC1CC1)CCNC2. The summed E-state index contributed by atoms with van der Waals surface area (Å²) in [5, 5.41) is 6.47. The second-order valence-electron chi connectivity index (χ2n) is 4.35. The quantitative estimate of drug-likeness (QED) is 0.706. The van der Waals surface area contributed by atoms with Gasteiger partial charge in [0.15, 0.2) is 0 Å². The molecule has 3 rings (SSSR count). The average Bonchev–Trinajstić information content (AvgIpc) is 2.95. The fourth-order valence-electron chi connectivity index (χ4n) is 2.08. The Morgan fingerprint density at radius 1 is 1.43 bits per heavy atom. The van der Waals surface area contributed by atoms with E-state index in [-0.39, 0.29) is 5.56 Å². The van der Waals surface area contributed by atoms with Crippen molar-refractivity contribution in [1.82, 2.24) is 15.1 Å². The van der Waals surface area contributed by atoms with Crippen molar-refractivity contribution in [3.05, 3.63) is 21.6 Å². The largest absolute Gasteiger partial charge is 0.312 e. The molecular weight excluding hydrogens is 178 g/mol. The molecule has 0 atom stereocenters. The van der Waals surface area contributed by atoms with Gasteiger partial charge in [0.2, 0.25) is 0 Å². The van der Waals surface area contributed by atoms with Crippen LogP contribution in [0.15, 0.2) is 4.79 Å². The maximum Gasteiger partial charge on any atom is 0.271 e. The molecule has 2 heterocycles. The molecule has 1 saturated carbocycles. The number of hydrogen-bond donors (Lipinski definition) is 2. The van der Waals surface area contributed by atoms with Crippen LogP contribution >= 0.6 is 0 Å². The third kappa shape index (κ3) is 1.30. The smallest absolute Gasteiger partial charge is 0.271 e. The Morgan fingerprint density at radius 3 is 3.00 bits per heavy atom. The van der Waals surface area contributed by atoms with E-state index in [2.05, 4.69) is 10.4 Å². The Labute approximate surface area is 82.3 Å². The molecule has 1 aliphatic heterocycles. The molecule has 2 N–H and O–H groups in total. The van der Waals surface area contributed by atoms with E-state index in [1.807, 2.05) is 0 Å². The van der Waals surface area contributed by atoms with Crippen LogP contribution < -0.4 is 10.9 Å². The van der Waals surface area contributed by atoms with Crippen molar-refractivity contribution in [2.75, 3.05) is 6.54 Å². The van der Waals surface area contributed by atoms with Gasteiger partial charge in [-0.15, -0.1) is 0 Å². The van der Waals surface area contributed by atoms with Crippen LogP contribution in [0, 0.1) is 5.92 Å².